The van der Waals surface area contributed by atoms with E-state index in [1.807, 2.05) is 0 Å². The second kappa shape index (κ2) is 11.2. The van der Waals surface area contributed by atoms with E-state index < -0.39 is 5.60 Å². The Balaban J connectivity index is -0.0000000847. The second-order valence-electron chi connectivity index (χ2n) is 2.39. The van der Waals surface area contributed by atoms with Crippen LogP contribution in [0.25, 0.3) is 0 Å². The topological polar surface area (TPSA) is 64.2 Å². The van der Waals surface area contributed by atoms with E-state index in [2.05, 4.69) is 0 Å². The molecule has 0 saturated carbocycles. The molecule has 0 aromatic heterocycles. The van der Waals surface area contributed by atoms with Crippen LogP contribution in [0, 0.1) is 11.3 Å². The van der Waals surface area contributed by atoms with Gasteiger partial charge >= 0.3 is 0 Å². The summed E-state index contributed by atoms with van der Waals surface area (Å²) in [5, 5.41) is 22.8. The molecule has 0 fully saturated rings. The van der Waals surface area contributed by atoms with E-state index in [0.29, 0.717) is 0 Å². The highest BCUT2D eigenvalue weighted by Gasteiger charge is 1.97. The smallest absolute Gasteiger partial charge is 0.0587 e. The molecule has 0 rings (SSSR count). The third kappa shape index (κ3) is 875. The van der Waals surface area contributed by atoms with Crippen LogP contribution >= 0.6 is 0 Å². The van der Waals surface area contributed by atoms with Crippen LogP contribution in [0.3, 0.4) is 0 Å². The number of aliphatic hydroxyl groups excluding tert-OH is 1. The van der Waals surface area contributed by atoms with Gasteiger partial charge < -0.3 is 10.2 Å². The Bertz CT molecular complexity index is 72.6. The van der Waals surface area contributed by atoms with Gasteiger partial charge in [-0.2, -0.15) is 5.26 Å². The van der Waals surface area contributed by atoms with E-state index in [9.17, 15) is 0 Å². The van der Waals surface area contributed by atoms with Crippen LogP contribution in [0.15, 0.2) is 0 Å². The molecule has 10 heavy (non-hydrogen) atoms. The number of aliphatic hydroxyl groups is 2. The maximum Gasteiger partial charge on any atom is 0.0587 e. The second-order valence-corrected chi connectivity index (χ2v) is 2.39. The zero-order valence-electron chi connectivity index (χ0n) is 7.34. The molecule has 2 N–H and O–H groups in total. The summed E-state index contributed by atoms with van der Waals surface area (Å²) in [5.41, 5.74) is -0.500. The van der Waals surface area contributed by atoms with E-state index in [1.54, 1.807) is 26.8 Å². The molecule has 0 atom stereocenters. The van der Waals surface area contributed by atoms with E-state index in [-0.39, 0.29) is 0 Å². The molecule has 0 saturated heterocycles. The van der Waals surface area contributed by atoms with Crippen molar-refractivity contribution in [2.75, 3.05) is 7.11 Å². The molecule has 0 amide bonds. The van der Waals surface area contributed by atoms with Crippen LogP contribution in [0.2, 0.25) is 0 Å². The molecule has 0 spiro atoms. The summed E-state index contributed by atoms with van der Waals surface area (Å²) in [6.07, 6.45) is 0. The highest BCUT2D eigenvalue weighted by Crippen LogP contribution is 1.93. The Hall–Kier alpha value is -0.590. The number of rotatable bonds is 0. The van der Waals surface area contributed by atoms with Crippen LogP contribution in [0.4, 0.5) is 0 Å². The van der Waals surface area contributed by atoms with Gasteiger partial charge in [-0.15, -0.1) is 0 Å². The number of hydrogen-bond acceptors (Lipinski definition) is 3. The van der Waals surface area contributed by atoms with Crippen LogP contribution < -0.4 is 0 Å². The SMILES string of the molecule is CC#N.CC(C)(C)O.CO. The van der Waals surface area contributed by atoms with Crippen molar-refractivity contribution in [1.29, 1.82) is 5.26 Å². The van der Waals surface area contributed by atoms with Gasteiger partial charge in [0.15, 0.2) is 0 Å². The molecule has 0 bridgehead atoms. The number of nitriles is 1. The minimum atomic E-state index is -0.500. The Labute approximate surface area is 62.9 Å². The molecular weight excluding hydrogens is 130 g/mol. The van der Waals surface area contributed by atoms with Crippen molar-refractivity contribution in [1.82, 2.24) is 0 Å². The van der Waals surface area contributed by atoms with Crippen LogP contribution in [-0.2, 0) is 0 Å². The predicted molar refractivity (Wildman–Crippen MR) is 41.4 cm³/mol. The molecule has 0 unspecified atom stereocenters. The van der Waals surface area contributed by atoms with Crippen molar-refractivity contribution in [3.05, 3.63) is 0 Å². The highest BCUT2D eigenvalue weighted by atomic mass is 16.3. The first-order valence-electron chi connectivity index (χ1n) is 2.89. The van der Waals surface area contributed by atoms with E-state index in [4.69, 9.17) is 15.5 Å². The zero-order chi connectivity index (χ0) is 9.21. The summed E-state index contributed by atoms with van der Waals surface area (Å²) in [6, 6.07) is 1.75. The van der Waals surface area contributed by atoms with E-state index >= 15 is 0 Å². The molecule has 0 aliphatic heterocycles. The quantitative estimate of drug-likeness (QED) is 0.535. The van der Waals surface area contributed by atoms with Gasteiger partial charge in [0.25, 0.3) is 0 Å². The molecule has 0 heterocycles. The lowest BCUT2D eigenvalue weighted by atomic mass is 10.2. The van der Waals surface area contributed by atoms with Gasteiger partial charge in [0.1, 0.15) is 0 Å². The first-order chi connectivity index (χ1) is 4.41. The third-order valence-electron chi connectivity index (χ3n) is 0. The van der Waals surface area contributed by atoms with Gasteiger partial charge in [-0.25, -0.2) is 0 Å². The van der Waals surface area contributed by atoms with Crippen LogP contribution in [-0.4, -0.2) is 22.9 Å². The molecule has 0 aromatic carbocycles. The molecular formula is C7H17NO2. The van der Waals surface area contributed by atoms with Gasteiger partial charge in [0.05, 0.1) is 11.7 Å². The lowest BCUT2D eigenvalue weighted by Crippen LogP contribution is -2.10. The largest absolute Gasteiger partial charge is 0.400 e. The fourth-order valence-electron chi connectivity index (χ4n) is 0. The van der Waals surface area contributed by atoms with Gasteiger partial charge in [-0.05, 0) is 20.8 Å². The maximum atomic E-state index is 8.52. The molecule has 0 radical (unpaired) electrons. The molecule has 3 heteroatoms. The van der Waals surface area contributed by atoms with Crippen molar-refractivity contribution in [2.45, 2.75) is 33.3 Å². The maximum absolute atomic E-state index is 8.52. The number of nitrogens with zero attached hydrogens (tertiary/aromatic N) is 1. The highest BCUT2D eigenvalue weighted by molar-refractivity contribution is 4.51. The molecule has 0 aromatic rings. The van der Waals surface area contributed by atoms with Crippen molar-refractivity contribution in [3.8, 4) is 6.07 Å². The van der Waals surface area contributed by atoms with Gasteiger partial charge in [0, 0.05) is 14.0 Å². The standard InChI is InChI=1S/C4H10O.C2H3N.CH4O/c1-4(2,3)5;1-2-3;1-2/h5H,1-3H3;1H3;2H,1H3. The Kier molecular flexibility index (Phi) is 18.2. The Morgan fingerprint density at radius 1 is 1.20 bits per heavy atom. The molecule has 0 aliphatic rings. The van der Waals surface area contributed by atoms with E-state index in [1.165, 1.54) is 6.92 Å². The van der Waals surface area contributed by atoms with Gasteiger partial charge in [0.2, 0.25) is 0 Å². The monoisotopic (exact) mass is 147 g/mol. The summed E-state index contributed by atoms with van der Waals surface area (Å²) in [7, 11) is 1.00. The zero-order valence-corrected chi connectivity index (χ0v) is 7.34. The minimum absolute atomic E-state index is 0.500. The fourth-order valence-corrected chi connectivity index (χ4v) is 0. The van der Waals surface area contributed by atoms with Gasteiger partial charge in [-0.3, -0.25) is 0 Å². The van der Waals surface area contributed by atoms with Crippen molar-refractivity contribution >= 4 is 0 Å². The van der Waals surface area contributed by atoms with Crippen molar-refractivity contribution in [3.63, 3.8) is 0 Å². The summed E-state index contributed by atoms with van der Waals surface area (Å²) >= 11 is 0. The van der Waals surface area contributed by atoms with Gasteiger partial charge in [-0.1, -0.05) is 0 Å². The summed E-state index contributed by atoms with van der Waals surface area (Å²) < 4.78 is 0. The Morgan fingerprint density at radius 3 is 1.20 bits per heavy atom. The van der Waals surface area contributed by atoms with Crippen LogP contribution in [0.5, 0.6) is 0 Å². The minimum Gasteiger partial charge on any atom is -0.400 e. The molecule has 3 nitrogen and oxygen atoms in total. The average molecular weight is 147 g/mol. The summed E-state index contributed by atoms with van der Waals surface area (Å²) in [6.45, 7) is 6.66. The lowest BCUT2D eigenvalue weighted by Gasteiger charge is -2.04. The third-order valence-corrected chi connectivity index (χ3v) is 0. The van der Waals surface area contributed by atoms with Crippen molar-refractivity contribution < 1.29 is 10.2 Å². The predicted octanol–water partition coefficient (Wildman–Crippen LogP) is 0.916. The van der Waals surface area contributed by atoms with E-state index in [0.717, 1.165) is 7.11 Å². The molecule has 0 aliphatic carbocycles. The molecule has 62 valence electrons. The van der Waals surface area contributed by atoms with Crippen molar-refractivity contribution in [2.24, 2.45) is 0 Å². The Morgan fingerprint density at radius 2 is 1.20 bits per heavy atom. The lowest BCUT2D eigenvalue weighted by molar-refractivity contribution is 0.102. The average Bonchev–Trinajstić information content (AvgIpc) is 1.68. The normalized spacial score (nSPS) is 7.40. The summed E-state index contributed by atoms with van der Waals surface area (Å²) in [4.78, 5) is 0. The summed E-state index contributed by atoms with van der Waals surface area (Å²) in [5.74, 6) is 0. The first kappa shape index (κ1) is 16.2. The first-order valence-corrected chi connectivity index (χ1v) is 2.89. The fraction of sp³-hybridized carbons (Fsp3) is 0.857. The number of hydrogen-bond donors (Lipinski definition) is 2. The van der Waals surface area contributed by atoms with Crippen LogP contribution in [0.1, 0.15) is 27.7 Å².